The van der Waals surface area contributed by atoms with E-state index in [2.05, 4.69) is 11.9 Å². The second-order valence-corrected chi connectivity index (χ2v) is 7.45. The van der Waals surface area contributed by atoms with Crippen LogP contribution in [-0.2, 0) is 27.3 Å². The van der Waals surface area contributed by atoms with E-state index < -0.39 is 11.9 Å². The molecule has 0 aliphatic rings. The summed E-state index contributed by atoms with van der Waals surface area (Å²) in [5, 5.41) is 2.21. The maximum atomic E-state index is 12.5. The van der Waals surface area contributed by atoms with E-state index >= 15 is 0 Å². The van der Waals surface area contributed by atoms with Crippen molar-refractivity contribution < 1.29 is 23.9 Å². The van der Waals surface area contributed by atoms with E-state index in [0.717, 1.165) is 12.1 Å². The Labute approximate surface area is 184 Å². The number of hydrogen-bond donors (Lipinski definition) is 0. The molecule has 0 saturated carbocycles. The Morgan fingerprint density at radius 1 is 1.00 bits per heavy atom. The second kappa shape index (κ2) is 9.99. The van der Waals surface area contributed by atoms with Crippen LogP contribution in [0.25, 0.3) is 0 Å². The summed E-state index contributed by atoms with van der Waals surface area (Å²) in [7, 11) is 1.25. The smallest absolute Gasteiger partial charge is 0.339 e. The summed E-state index contributed by atoms with van der Waals surface area (Å²) in [6, 6.07) is 14.0. The number of anilines is 2. The van der Waals surface area contributed by atoms with Crippen molar-refractivity contribution in [2.45, 2.75) is 26.9 Å². The zero-order chi connectivity index (χ0) is 22.4. The number of aryl methyl sites for hydroxylation is 1. The molecule has 0 aliphatic heterocycles. The van der Waals surface area contributed by atoms with Crippen LogP contribution in [0.5, 0.6) is 0 Å². The molecule has 0 radical (unpaired) electrons. The summed E-state index contributed by atoms with van der Waals surface area (Å²) in [5.74, 6) is -1.45. The highest BCUT2D eigenvalue weighted by atomic mass is 32.1. The van der Waals surface area contributed by atoms with E-state index in [-0.39, 0.29) is 23.6 Å². The molecule has 8 heteroatoms. The molecule has 1 heterocycles. The lowest BCUT2D eigenvalue weighted by molar-refractivity contribution is -0.115. The number of benzene rings is 2. The number of hydrogen-bond acceptors (Lipinski definition) is 7. The lowest BCUT2D eigenvalue weighted by atomic mass is 10.1. The number of nitrogens with zero attached hydrogens (tertiary/aromatic N) is 2. The van der Waals surface area contributed by atoms with Crippen molar-refractivity contribution in [1.29, 1.82) is 0 Å². The molecule has 160 valence electrons. The number of rotatable bonds is 7. The van der Waals surface area contributed by atoms with Crippen molar-refractivity contribution in [2.75, 3.05) is 12.0 Å². The van der Waals surface area contributed by atoms with E-state index in [1.54, 1.807) is 17.5 Å². The largest absolute Gasteiger partial charge is 0.465 e. The Morgan fingerprint density at radius 3 is 2.23 bits per heavy atom. The molecule has 1 aromatic heterocycles. The zero-order valence-electron chi connectivity index (χ0n) is 17.5. The number of thiazole rings is 1. The number of carbonyl (C=O) groups is 3. The van der Waals surface area contributed by atoms with Crippen LogP contribution in [0.4, 0.5) is 10.8 Å². The first-order valence-corrected chi connectivity index (χ1v) is 10.5. The molecular weight excluding hydrogens is 416 g/mol. The maximum Gasteiger partial charge on any atom is 0.339 e. The van der Waals surface area contributed by atoms with Gasteiger partial charge in [-0.3, -0.25) is 9.69 Å². The minimum Gasteiger partial charge on any atom is -0.465 e. The van der Waals surface area contributed by atoms with Gasteiger partial charge in [0.15, 0.2) is 5.13 Å². The van der Waals surface area contributed by atoms with E-state index in [1.165, 1.54) is 48.0 Å². The van der Waals surface area contributed by atoms with Gasteiger partial charge < -0.3 is 9.47 Å². The summed E-state index contributed by atoms with van der Waals surface area (Å²) >= 11 is 1.28. The summed E-state index contributed by atoms with van der Waals surface area (Å²) in [6.07, 6.45) is 0.909. The van der Waals surface area contributed by atoms with Crippen LogP contribution < -0.4 is 4.90 Å². The molecule has 0 bridgehead atoms. The van der Waals surface area contributed by atoms with E-state index in [9.17, 15) is 14.4 Å². The summed E-state index contributed by atoms with van der Waals surface area (Å²) in [6.45, 7) is 3.44. The predicted octanol–water partition coefficient (Wildman–Crippen LogP) is 4.53. The lowest BCUT2D eigenvalue weighted by Crippen LogP contribution is -2.22. The molecule has 7 nitrogen and oxygen atoms in total. The number of aromatic nitrogens is 1. The minimum absolute atomic E-state index is 0.0919. The summed E-state index contributed by atoms with van der Waals surface area (Å²) in [5.41, 5.74) is 2.64. The maximum absolute atomic E-state index is 12.5. The van der Waals surface area contributed by atoms with Crippen LogP contribution in [0, 0.1) is 0 Å². The first kappa shape index (κ1) is 22.2. The van der Waals surface area contributed by atoms with Gasteiger partial charge in [-0.1, -0.05) is 31.2 Å². The molecule has 0 unspecified atom stereocenters. The van der Waals surface area contributed by atoms with E-state index in [1.807, 2.05) is 24.3 Å². The zero-order valence-corrected chi connectivity index (χ0v) is 18.3. The number of methoxy groups -OCH3 is 1. The fourth-order valence-corrected chi connectivity index (χ4v) is 3.81. The highest BCUT2D eigenvalue weighted by Crippen LogP contribution is 2.29. The minimum atomic E-state index is -0.658. The van der Waals surface area contributed by atoms with Gasteiger partial charge in [0.25, 0.3) is 0 Å². The first-order chi connectivity index (χ1) is 14.9. The number of esters is 2. The molecule has 1 amide bonds. The molecule has 3 aromatic rings. The third-order valence-electron chi connectivity index (χ3n) is 4.55. The molecule has 0 N–H and O–H groups in total. The fourth-order valence-electron chi connectivity index (χ4n) is 2.94. The summed E-state index contributed by atoms with van der Waals surface area (Å²) in [4.78, 5) is 42.5. The van der Waals surface area contributed by atoms with Crippen LogP contribution >= 0.6 is 11.3 Å². The monoisotopic (exact) mass is 438 g/mol. The van der Waals surface area contributed by atoms with Crippen molar-refractivity contribution in [3.05, 3.63) is 76.3 Å². The van der Waals surface area contributed by atoms with Crippen LogP contribution in [0.2, 0.25) is 0 Å². The van der Waals surface area contributed by atoms with Gasteiger partial charge in [0.2, 0.25) is 5.91 Å². The van der Waals surface area contributed by atoms with Gasteiger partial charge in [-0.05, 0) is 36.2 Å². The van der Waals surface area contributed by atoms with Gasteiger partial charge in [-0.25, -0.2) is 14.6 Å². The molecule has 0 saturated heterocycles. The quantitative estimate of drug-likeness (QED) is 0.504. The number of ether oxygens (including phenoxy) is 2. The second-order valence-electron chi connectivity index (χ2n) is 6.61. The average Bonchev–Trinajstić information content (AvgIpc) is 3.25. The first-order valence-electron chi connectivity index (χ1n) is 9.63. The Kier molecular flexibility index (Phi) is 7.15. The standard InChI is InChI=1S/C23H22N2O5S/c1-4-16-9-11-18(12-10-16)25(15(2)26)23-24-17(14-31-23)13-30-22(28)20-8-6-5-7-19(20)21(27)29-3/h5-12,14H,4,13H2,1-3H3. The van der Waals surface area contributed by atoms with Gasteiger partial charge in [-0.2, -0.15) is 0 Å². The van der Waals surface area contributed by atoms with Crippen LogP contribution in [-0.4, -0.2) is 29.9 Å². The van der Waals surface area contributed by atoms with Crippen molar-refractivity contribution in [1.82, 2.24) is 4.98 Å². The average molecular weight is 439 g/mol. The van der Waals surface area contributed by atoms with Crippen molar-refractivity contribution in [3.8, 4) is 0 Å². The Hall–Kier alpha value is -3.52. The van der Waals surface area contributed by atoms with E-state index in [0.29, 0.717) is 10.8 Å². The highest BCUT2D eigenvalue weighted by Gasteiger charge is 2.20. The van der Waals surface area contributed by atoms with Gasteiger partial charge in [0.05, 0.1) is 29.6 Å². The van der Waals surface area contributed by atoms with E-state index in [4.69, 9.17) is 9.47 Å². The molecule has 0 fully saturated rings. The Bertz CT molecular complexity index is 1090. The van der Waals surface area contributed by atoms with Crippen molar-refractivity contribution in [3.63, 3.8) is 0 Å². The molecule has 0 aliphatic carbocycles. The molecule has 3 rings (SSSR count). The normalized spacial score (nSPS) is 10.4. The lowest BCUT2D eigenvalue weighted by Gasteiger charge is -2.18. The van der Waals surface area contributed by atoms with Gasteiger partial charge in [0.1, 0.15) is 6.61 Å². The van der Waals surface area contributed by atoms with Crippen LogP contribution in [0.15, 0.2) is 53.9 Å². The SMILES string of the molecule is CCc1ccc(N(C(C)=O)c2nc(COC(=O)c3ccccc3C(=O)OC)cs2)cc1. The highest BCUT2D eigenvalue weighted by molar-refractivity contribution is 7.14. The molecule has 31 heavy (non-hydrogen) atoms. The Morgan fingerprint density at radius 2 is 1.65 bits per heavy atom. The molecular formula is C23H22N2O5S. The van der Waals surface area contributed by atoms with Crippen molar-refractivity contribution >= 4 is 40.0 Å². The summed E-state index contributed by atoms with van der Waals surface area (Å²) < 4.78 is 10.0. The fraction of sp³-hybridized carbons (Fsp3) is 0.217. The molecule has 0 spiro atoms. The third kappa shape index (κ3) is 5.16. The van der Waals surface area contributed by atoms with Gasteiger partial charge in [-0.15, -0.1) is 11.3 Å². The predicted molar refractivity (Wildman–Crippen MR) is 118 cm³/mol. The third-order valence-corrected chi connectivity index (χ3v) is 5.43. The van der Waals surface area contributed by atoms with Crippen molar-refractivity contribution in [2.24, 2.45) is 0 Å². The number of carbonyl (C=O) groups excluding carboxylic acids is 3. The molecule has 2 aromatic carbocycles. The van der Waals surface area contributed by atoms with Gasteiger partial charge in [0, 0.05) is 12.3 Å². The van der Waals surface area contributed by atoms with Gasteiger partial charge >= 0.3 is 11.9 Å². The van der Waals surface area contributed by atoms with Crippen LogP contribution in [0.1, 0.15) is 45.8 Å². The molecule has 0 atom stereocenters. The topological polar surface area (TPSA) is 85.8 Å². The Balaban J connectivity index is 1.74. The number of amides is 1. The van der Waals surface area contributed by atoms with Crippen LogP contribution in [0.3, 0.4) is 0 Å².